The second kappa shape index (κ2) is 12.9. The number of hydrogen-bond donors (Lipinski definition) is 2. The molecular formula is C10H20O5. The highest BCUT2D eigenvalue weighted by molar-refractivity contribution is 5.68. The van der Waals surface area contributed by atoms with Gasteiger partial charge in [0, 0.05) is 12.8 Å². The van der Waals surface area contributed by atoms with E-state index in [-0.39, 0.29) is 0 Å². The molecular weight excluding hydrogens is 200 g/mol. The lowest BCUT2D eigenvalue weighted by molar-refractivity contribution is -0.234. The third-order valence-corrected chi connectivity index (χ3v) is 1.55. The molecule has 0 spiro atoms. The average Bonchev–Trinajstić information content (AvgIpc) is 2.18. The molecule has 0 fully saturated rings. The van der Waals surface area contributed by atoms with Crippen LogP contribution in [0.4, 0.5) is 0 Å². The molecule has 0 radical (unpaired) electrons. The highest BCUT2D eigenvalue weighted by Gasteiger charge is 1.98. The van der Waals surface area contributed by atoms with Crippen molar-refractivity contribution < 1.29 is 24.8 Å². The van der Waals surface area contributed by atoms with Crippen LogP contribution in [0.25, 0.3) is 0 Å². The normalized spacial score (nSPS) is 8.73. The van der Waals surface area contributed by atoms with Crippen LogP contribution in [0.3, 0.4) is 0 Å². The van der Waals surface area contributed by atoms with Crippen LogP contribution in [0.2, 0.25) is 0 Å². The Balaban J connectivity index is 0. The van der Waals surface area contributed by atoms with Crippen molar-refractivity contribution in [2.24, 2.45) is 0 Å². The van der Waals surface area contributed by atoms with E-state index >= 15 is 0 Å². The molecule has 5 nitrogen and oxygen atoms in total. The molecule has 0 aromatic rings. The third-order valence-electron chi connectivity index (χ3n) is 1.55. The van der Waals surface area contributed by atoms with Gasteiger partial charge in [0.05, 0.1) is 0 Å². The molecule has 0 heterocycles. The van der Waals surface area contributed by atoms with Crippen molar-refractivity contribution >= 4 is 11.9 Å². The summed E-state index contributed by atoms with van der Waals surface area (Å²) in [5.41, 5.74) is 0. The van der Waals surface area contributed by atoms with Crippen LogP contribution in [0.5, 0.6) is 0 Å². The molecule has 0 aliphatic rings. The molecule has 0 amide bonds. The first kappa shape index (κ1) is 16.3. The summed E-state index contributed by atoms with van der Waals surface area (Å²) >= 11 is 0. The van der Waals surface area contributed by atoms with Gasteiger partial charge in [-0.1, -0.05) is 26.7 Å². The molecule has 0 aliphatic carbocycles. The Bertz CT molecular complexity index is 167. The lowest BCUT2D eigenvalue weighted by Crippen LogP contribution is -1.99. The second-order valence-corrected chi connectivity index (χ2v) is 3.06. The van der Waals surface area contributed by atoms with E-state index in [9.17, 15) is 9.59 Å². The number of carbonyl (C=O) groups excluding carboxylic acids is 1. The van der Waals surface area contributed by atoms with Gasteiger partial charge in [-0.05, 0) is 12.8 Å². The molecule has 0 saturated heterocycles. The Morgan fingerprint density at radius 2 is 1.67 bits per heavy atom. The van der Waals surface area contributed by atoms with Crippen molar-refractivity contribution in [2.45, 2.75) is 52.4 Å². The van der Waals surface area contributed by atoms with Crippen LogP contribution in [0.1, 0.15) is 52.4 Å². The van der Waals surface area contributed by atoms with Gasteiger partial charge in [0.2, 0.25) is 0 Å². The Morgan fingerprint density at radius 1 is 1.07 bits per heavy atom. The second-order valence-electron chi connectivity index (χ2n) is 3.06. The summed E-state index contributed by atoms with van der Waals surface area (Å²) < 4.78 is 0. The van der Waals surface area contributed by atoms with Crippen molar-refractivity contribution in [2.75, 3.05) is 0 Å². The van der Waals surface area contributed by atoms with Crippen molar-refractivity contribution in [3.63, 3.8) is 0 Å². The van der Waals surface area contributed by atoms with Gasteiger partial charge in [0.25, 0.3) is 0 Å². The van der Waals surface area contributed by atoms with Gasteiger partial charge in [-0.15, -0.1) is 0 Å². The van der Waals surface area contributed by atoms with Gasteiger partial charge in [-0.3, -0.25) is 4.79 Å². The zero-order valence-electron chi connectivity index (χ0n) is 9.36. The molecule has 0 aromatic heterocycles. The van der Waals surface area contributed by atoms with Gasteiger partial charge in [-0.2, -0.15) is 5.26 Å². The third kappa shape index (κ3) is 19.3. The van der Waals surface area contributed by atoms with E-state index < -0.39 is 11.9 Å². The smallest absolute Gasteiger partial charge is 0.342 e. The molecule has 0 aromatic carbocycles. The summed E-state index contributed by atoms with van der Waals surface area (Å²) in [6.45, 7) is 3.89. The molecule has 5 heteroatoms. The van der Waals surface area contributed by atoms with Crippen LogP contribution in [-0.2, 0) is 14.5 Å². The van der Waals surface area contributed by atoms with Crippen LogP contribution >= 0.6 is 0 Å². The number of rotatable bonds is 6. The van der Waals surface area contributed by atoms with Gasteiger partial charge in [0.15, 0.2) is 0 Å². The van der Waals surface area contributed by atoms with Gasteiger partial charge in [0.1, 0.15) is 0 Å². The van der Waals surface area contributed by atoms with Crippen LogP contribution in [-0.4, -0.2) is 22.3 Å². The minimum Gasteiger partial charge on any atom is -0.481 e. The number of carboxylic acid groups (broad SMARTS) is 1. The number of carbonyl (C=O) groups is 2. The zero-order chi connectivity index (χ0) is 12.1. The number of hydrogen-bond acceptors (Lipinski definition) is 4. The Labute approximate surface area is 90.0 Å². The van der Waals surface area contributed by atoms with Crippen LogP contribution < -0.4 is 0 Å². The zero-order valence-corrected chi connectivity index (χ0v) is 9.36. The molecule has 2 N–H and O–H groups in total. The maximum absolute atomic E-state index is 10.2. The number of unbranched alkanes of at least 4 members (excludes halogenated alkanes) is 2. The Hall–Kier alpha value is -1.10. The van der Waals surface area contributed by atoms with Crippen molar-refractivity contribution in [1.82, 2.24) is 0 Å². The maximum atomic E-state index is 10.2. The summed E-state index contributed by atoms with van der Waals surface area (Å²) in [6, 6.07) is 0. The van der Waals surface area contributed by atoms with E-state index in [1.54, 1.807) is 0 Å². The summed E-state index contributed by atoms with van der Waals surface area (Å²) in [7, 11) is 0. The van der Waals surface area contributed by atoms with E-state index in [4.69, 9.17) is 10.4 Å². The van der Waals surface area contributed by atoms with E-state index in [1.165, 1.54) is 0 Å². The van der Waals surface area contributed by atoms with Crippen molar-refractivity contribution in [3.8, 4) is 0 Å². The highest BCUT2D eigenvalue weighted by atomic mass is 17.1. The van der Waals surface area contributed by atoms with E-state index in [0.717, 1.165) is 25.7 Å². The quantitative estimate of drug-likeness (QED) is 0.408. The van der Waals surface area contributed by atoms with Crippen LogP contribution in [0, 0.1) is 0 Å². The van der Waals surface area contributed by atoms with Crippen molar-refractivity contribution in [1.29, 1.82) is 0 Å². The molecule has 0 aliphatic heterocycles. The lowest BCUT2D eigenvalue weighted by atomic mass is 10.2. The molecule has 0 rings (SSSR count). The minimum absolute atomic E-state index is 0.292. The van der Waals surface area contributed by atoms with Gasteiger partial charge < -0.3 is 9.99 Å². The first-order chi connectivity index (χ1) is 7.08. The summed E-state index contributed by atoms with van der Waals surface area (Å²) in [5.74, 6) is -1.25. The topological polar surface area (TPSA) is 83.8 Å². The molecule has 0 unspecified atom stereocenters. The molecule has 15 heavy (non-hydrogen) atoms. The summed E-state index contributed by atoms with van der Waals surface area (Å²) in [4.78, 5) is 23.3. The van der Waals surface area contributed by atoms with Gasteiger partial charge in [-0.25, -0.2) is 4.79 Å². The fourth-order valence-corrected chi connectivity index (χ4v) is 0.779. The Morgan fingerprint density at radius 3 is 1.93 bits per heavy atom. The average molecular weight is 220 g/mol. The largest absolute Gasteiger partial charge is 0.481 e. The summed E-state index contributed by atoms with van der Waals surface area (Å²) in [5, 5.41) is 15.7. The standard InChI is InChI=1S/C6H12O3.C4H8O2/c1-2-3-4-5-6(7)9-8;1-2-3-4(5)6/h8H,2-5H2,1H3;2-3H2,1H3,(H,5,6). The lowest BCUT2D eigenvalue weighted by Gasteiger charge is -1.93. The summed E-state index contributed by atoms with van der Waals surface area (Å²) in [6.07, 6.45) is 4.23. The monoisotopic (exact) mass is 220 g/mol. The molecule has 90 valence electrons. The van der Waals surface area contributed by atoms with Crippen molar-refractivity contribution in [3.05, 3.63) is 0 Å². The van der Waals surface area contributed by atoms with E-state index in [1.807, 2.05) is 13.8 Å². The van der Waals surface area contributed by atoms with E-state index in [0.29, 0.717) is 12.8 Å². The first-order valence-corrected chi connectivity index (χ1v) is 5.14. The van der Waals surface area contributed by atoms with Crippen LogP contribution in [0.15, 0.2) is 0 Å². The predicted molar refractivity (Wildman–Crippen MR) is 55.4 cm³/mol. The number of carboxylic acids is 1. The molecule has 0 saturated carbocycles. The Kier molecular flexibility index (Phi) is 14.0. The first-order valence-electron chi connectivity index (χ1n) is 5.14. The molecule has 0 atom stereocenters. The van der Waals surface area contributed by atoms with E-state index in [2.05, 4.69) is 4.89 Å². The fraction of sp³-hybridized carbons (Fsp3) is 0.800. The highest BCUT2D eigenvalue weighted by Crippen LogP contribution is 1.98. The predicted octanol–water partition coefficient (Wildman–Crippen LogP) is 2.45. The SMILES string of the molecule is CCCC(=O)O.CCCCCC(=O)OO. The van der Waals surface area contributed by atoms with Gasteiger partial charge >= 0.3 is 11.9 Å². The minimum atomic E-state index is -0.711. The number of aliphatic carboxylic acids is 1. The molecule has 0 bridgehead atoms. The maximum Gasteiger partial charge on any atom is 0.342 e. The fourth-order valence-electron chi connectivity index (χ4n) is 0.779.